The number of carbonyl (C=O) groups is 1. The Labute approximate surface area is 139 Å². The number of carbonyl (C=O) groups excluding carboxylic acids is 1. The molecule has 0 bridgehead atoms. The number of thiophene rings is 1. The number of hydrogen-bond donors (Lipinski definition) is 0. The van der Waals surface area contributed by atoms with Gasteiger partial charge in [0.15, 0.2) is 11.5 Å². The molecular weight excluding hydrogens is 314 g/mol. The summed E-state index contributed by atoms with van der Waals surface area (Å²) in [7, 11) is 3.42. The number of ether oxygens (including phenoxy) is 3. The lowest BCUT2D eigenvalue weighted by molar-refractivity contribution is 0.0606. The second-order valence-corrected chi connectivity index (χ2v) is 6.62. The van der Waals surface area contributed by atoms with Gasteiger partial charge in [-0.05, 0) is 31.3 Å². The summed E-state index contributed by atoms with van der Waals surface area (Å²) in [6.07, 6.45) is -0.00469. The number of esters is 1. The molecule has 0 saturated heterocycles. The van der Waals surface area contributed by atoms with Gasteiger partial charge >= 0.3 is 5.97 Å². The molecule has 1 atom stereocenters. The first-order valence-corrected chi connectivity index (χ1v) is 8.21. The van der Waals surface area contributed by atoms with E-state index in [1.807, 2.05) is 37.4 Å². The second-order valence-electron chi connectivity index (χ2n) is 5.45. The van der Waals surface area contributed by atoms with Crippen LogP contribution in [-0.4, -0.2) is 44.3 Å². The molecule has 2 heterocycles. The van der Waals surface area contributed by atoms with Crippen LogP contribution in [0.15, 0.2) is 36.4 Å². The summed E-state index contributed by atoms with van der Waals surface area (Å²) in [5.41, 5.74) is 0. The van der Waals surface area contributed by atoms with Crippen LogP contribution in [0.4, 0.5) is 0 Å². The largest absolute Gasteiger partial charge is 0.486 e. The predicted octanol–water partition coefficient (Wildman–Crippen LogP) is 2.81. The van der Waals surface area contributed by atoms with Crippen LogP contribution in [0.25, 0.3) is 0 Å². The molecule has 3 rings (SSSR count). The van der Waals surface area contributed by atoms with Crippen LogP contribution in [0.5, 0.6) is 11.5 Å². The topological polar surface area (TPSA) is 48.0 Å². The van der Waals surface area contributed by atoms with Gasteiger partial charge in [0.2, 0.25) is 0 Å². The van der Waals surface area contributed by atoms with Crippen LogP contribution in [-0.2, 0) is 11.3 Å². The number of nitrogens with zero attached hydrogens (tertiary/aromatic N) is 1. The summed E-state index contributed by atoms with van der Waals surface area (Å²) in [5.74, 6) is 1.30. The molecule has 6 heteroatoms. The first-order valence-electron chi connectivity index (χ1n) is 7.40. The Morgan fingerprint density at radius 1 is 1.30 bits per heavy atom. The predicted molar refractivity (Wildman–Crippen MR) is 88.3 cm³/mol. The van der Waals surface area contributed by atoms with Crippen molar-refractivity contribution in [1.29, 1.82) is 0 Å². The molecule has 1 aliphatic rings. The van der Waals surface area contributed by atoms with Gasteiger partial charge in [-0.15, -0.1) is 11.3 Å². The number of methoxy groups -OCH3 is 1. The average molecular weight is 333 g/mol. The zero-order valence-electron chi connectivity index (χ0n) is 13.2. The van der Waals surface area contributed by atoms with Crippen molar-refractivity contribution < 1.29 is 19.0 Å². The van der Waals surface area contributed by atoms with E-state index in [0.717, 1.165) is 29.5 Å². The van der Waals surface area contributed by atoms with E-state index in [1.54, 1.807) is 6.07 Å². The zero-order valence-corrected chi connectivity index (χ0v) is 14.0. The highest BCUT2D eigenvalue weighted by Crippen LogP contribution is 2.31. The third-order valence-corrected chi connectivity index (χ3v) is 4.61. The van der Waals surface area contributed by atoms with Crippen LogP contribution in [0.2, 0.25) is 0 Å². The van der Waals surface area contributed by atoms with Gasteiger partial charge in [0.25, 0.3) is 0 Å². The highest BCUT2D eigenvalue weighted by Gasteiger charge is 2.22. The summed E-state index contributed by atoms with van der Waals surface area (Å²) in [4.78, 5) is 15.4. The van der Waals surface area contributed by atoms with Crippen LogP contribution < -0.4 is 9.47 Å². The summed E-state index contributed by atoms with van der Waals surface area (Å²) >= 11 is 1.46. The van der Waals surface area contributed by atoms with Gasteiger partial charge in [-0.25, -0.2) is 4.79 Å². The first-order chi connectivity index (χ1) is 11.2. The van der Waals surface area contributed by atoms with Crippen molar-refractivity contribution in [3.8, 4) is 11.5 Å². The molecule has 0 aliphatic carbocycles. The highest BCUT2D eigenvalue weighted by molar-refractivity contribution is 7.13. The molecule has 0 N–H and O–H groups in total. The molecule has 0 amide bonds. The van der Waals surface area contributed by atoms with Gasteiger partial charge in [0.05, 0.1) is 7.11 Å². The smallest absolute Gasteiger partial charge is 0.348 e. The number of rotatable bonds is 5. The maximum Gasteiger partial charge on any atom is 0.348 e. The molecule has 0 saturated carbocycles. The molecule has 23 heavy (non-hydrogen) atoms. The van der Waals surface area contributed by atoms with Crippen molar-refractivity contribution in [2.75, 3.05) is 27.3 Å². The van der Waals surface area contributed by atoms with Gasteiger partial charge in [0.1, 0.15) is 17.6 Å². The molecule has 0 radical (unpaired) electrons. The number of fused-ring (bicyclic) bond motifs is 1. The first kappa shape index (κ1) is 15.8. The van der Waals surface area contributed by atoms with Crippen molar-refractivity contribution in [3.05, 3.63) is 46.2 Å². The van der Waals surface area contributed by atoms with Gasteiger partial charge in [-0.2, -0.15) is 0 Å². The summed E-state index contributed by atoms with van der Waals surface area (Å²) in [6, 6.07) is 11.5. The summed E-state index contributed by atoms with van der Waals surface area (Å²) in [5, 5.41) is 0. The van der Waals surface area contributed by atoms with Gasteiger partial charge in [0, 0.05) is 18.0 Å². The fourth-order valence-corrected chi connectivity index (χ4v) is 3.51. The van der Waals surface area contributed by atoms with Crippen molar-refractivity contribution in [2.45, 2.75) is 12.6 Å². The third-order valence-electron chi connectivity index (χ3n) is 3.56. The minimum absolute atomic E-state index is 0.00469. The second kappa shape index (κ2) is 7.02. The molecule has 0 fully saturated rings. The molecule has 1 aromatic carbocycles. The van der Waals surface area contributed by atoms with Crippen LogP contribution in [0, 0.1) is 0 Å². The van der Waals surface area contributed by atoms with E-state index in [1.165, 1.54) is 18.4 Å². The van der Waals surface area contributed by atoms with Gasteiger partial charge in [-0.3, -0.25) is 4.90 Å². The van der Waals surface area contributed by atoms with E-state index in [0.29, 0.717) is 11.5 Å². The monoisotopic (exact) mass is 333 g/mol. The Balaban J connectivity index is 1.55. The molecule has 2 aromatic rings. The van der Waals surface area contributed by atoms with Crippen molar-refractivity contribution in [2.24, 2.45) is 0 Å². The zero-order chi connectivity index (χ0) is 16.2. The lowest BCUT2D eigenvalue weighted by Gasteiger charge is -2.29. The van der Waals surface area contributed by atoms with E-state index in [4.69, 9.17) is 14.2 Å². The fraction of sp³-hybridized carbons (Fsp3) is 0.353. The molecule has 1 unspecified atom stereocenters. The minimum Gasteiger partial charge on any atom is -0.486 e. The highest BCUT2D eigenvalue weighted by atomic mass is 32.1. The average Bonchev–Trinajstić information content (AvgIpc) is 3.02. The Morgan fingerprint density at radius 3 is 2.87 bits per heavy atom. The lowest BCUT2D eigenvalue weighted by atomic mass is 10.2. The Morgan fingerprint density at radius 2 is 2.09 bits per heavy atom. The van der Waals surface area contributed by atoms with Gasteiger partial charge < -0.3 is 14.2 Å². The molecule has 1 aromatic heterocycles. The maximum absolute atomic E-state index is 11.5. The Kier molecular flexibility index (Phi) is 4.83. The van der Waals surface area contributed by atoms with Gasteiger partial charge in [-0.1, -0.05) is 12.1 Å². The molecule has 0 spiro atoms. The summed E-state index contributed by atoms with van der Waals surface area (Å²) < 4.78 is 16.4. The minimum atomic E-state index is -0.287. The van der Waals surface area contributed by atoms with E-state index in [-0.39, 0.29) is 12.1 Å². The SMILES string of the molecule is COC(=O)c1ccc(CN(C)CC2COc3ccccc3O2)s1. The Hall–Kier alpha value is -2.05. The standard InChI is InChI=1S/C17H19NO4S/c1-18(10-13-7-8-16(23-13)17(19)20-2)9-12-11-21-14-5-3-4-6-15(14)22-12/h3-8,12H,9-11H2,1-2H3. The maximum atomic E-state index is 11.5. The van der Waals surface area contributed by atoms with Crippen LogP contribution in [0.1, 0.15) is 14.5 Å². The van der Waals surface area contributed by atoms with E-state index < -0.39 is 0 Å². The number of benzene rings is 1. The number of likely N-dealkylation sites (N-methyl/N-ethyl adjacent to an activating group) is 1. The van der Waals surface area contributed by atoms with E-state index >= 15 is 0 Å². The van der Waals surface area contributed by atoms with E-state index in [2.05, 4.69) is 4.90 Å². The quantitative estimate of drug-likeness (QED) is 0.788. The van der Waals surface area contributed by atoms with Crippen molar-refractivity contribution >= 4 is 17.3 Å². The lowest BCUT2D eigenvalue weighted by Crippen LogP contribution is -2.39. The fourth-order valence-electron chi connectivity index (χ4n) is 2.50. The number of hydrogen-bond acceptors (Lipinski definition) is 6. The van der Waals surface area contributed by atoms with Crippen molar-refractivity contribution in [3.63, 3.8) is 0 Å². The molecular formula is C17H19NO4S. The van der Waals surface area contributed by atoms with Crippen molar-refractivity contribution in [1.82, 2.24) is 4.90 Å². The normalized spacial score (nSPS) is 16.4. The Bertz CT molecular complexity index is 685. The summed E-state index contributed by atoms with van der Waals surface area (Å²) in [6.45, 7) is 2.04. The molecule has 5 nitrogen and oxygen atoms in total. The molecule has 1 aliphatic heterocycles. The van der Waals surface area contributed by atoms with Crippen LogP contribution >= 0.6 is 11.3 Å². The molecule has 122 valence electrons. The van der Waals surface area contributed by atoms with Crippen LogP contribution in [0.3, 0.4) is 0 Å². The number of para-hydroxylation sites is 2. The van der Waals surface area contributed by atoms with E-state index in [9.17, 15) is 4.79 Å². The third kappa shape index (κ3) is 3.83.